The fraction of sp³-hybridized carbons (Fsp3) is 0.333. The molecule has 1 aliphatic rings. The van der Waals surface area contributed by atoms with Gasteiger partial charge in [0.05, 0.1) is 4.88 Å². The van der Waals surface area contributed by atoms with Crippen LogP contribution in [0.3, 0.4) is 0 Å². The number of hydrogen-bond acceptors (Lipinski definition) is 3. The summed E-state index contributed by atoms with van der Waals surface area (Å²) in [5.41, 5.74) is 2.55. The number of hydrazone groups is 1. The molecule has 1 heterocycles. The van der Waals surface area contributed by atoms with E-state index in [4.69, 9.17) is 0 Å². The Morgan fingerprint density at radius 3 is 3.19 bits per heavy atom. The monoisotopic (exact) mass is 234 g/mol. The molecule has 84 valence electrons. The summed E-state index contributed by atoms with van der Waals surface area (Å²) in [5.74, 6) is 0.339. The zero-order valence-electron chi connectivity index (χ0n) is 8.93. The Kier molecular flexibility index (Phi) is 3.88. The van der Waals surface area contributed by atoms with Crippen LogP contribution < -0.4 is 5.43 Å². The van der Waals surface area contributed by atoms with Crippen molar-refractivity contribution in [1.82, 2.24) is 5.43 Å². The van der Waals surface area contributed by atoms with Gasteiger partial charge in [-0.25, -0.2) is 5.43 Å². The van der Waals surface area contributed by atoms with Gasteiger partial charge in [-0.2, -0.15) is 5.10 Å². The van der Waals surface area contributed by atoms with Gasteiger partial charge in [-0.05, 0) is 36.6 Å². The maximum atomic E-state index is 11.5. The molecule has 16 heavy (non-hydrogen) atoms. The lowest BCUT2D eigenvalue weighted by Gasteiger charge is -2.11. The van der Waals surface area contributed by atoms with Crippen LogP contribution in [0.2, 0.25) is 0 Å². The van der Waals surface area contributed by atoms with Crippen molar-refractivity contribution in [2.24, 2.45) is 11.0 Å². The molecule has 3 nitrogen and oxygen atoms in total. The van der Waals surface area contributed by atoms with Gasteiger partial charge in [0, 0.05) is 6.21 Å². The first-order valence-electron chi connectivity index (χ1n) is 5.38. The van der Waals surface area contributed by atoms with Gasteiger partial charge in [0.15, 0.2) is 0 Å². The number of nitrogens with zero attached hydrogens (tertiary/aromatic N) is 1. The Hall–Kier alpha value is -1.42. The van der Waals surface area contributed by atoms with Crippen LogP contribution in [-0.2, 0) is 0 Å². The Morgan fingerprint density at radius 1 is 1.56 bits per heavy atom. The van der Waals surface area contributed by atoms with Gasteiger partial charge < -0.3 is 0 Å². The molecule has 1 aliphatic carbocycles. The highest BCUT2D eigenvalue weighted by atomic mass is 32.1. The van der Waals surface area contributed by atoms with Crippen LogP contribution >= 0.6 is 11.3 Å². The molecule has 1 amide bonds. The minimum atomic E-state index is -0.127. The summed E-state index contributed by atoms with van der Waals surface area (Å²) in [6.07, 6.45) is 9.45. The van der Waals surface area contributed by atoms with Crippen molar-refractivity contribution in [3.8, 4) is 0 Å². The summed E-state index contributed by atoms with van der Waals surface area (Å²) in [5, 5.41) is 5.88. The molecule has 1 N–H and O–H groups in total. The third kappa shape index (κ3) is 3.03. The zero-order chi connectivity index (χ0) is 11.2. The lowest BCUT2D eigenvalue weighted by molar-refractivity contribution is 0.0959. The highest BCUT2D eigenvalue weighted by Gasteiger charge is 2.07. The summed E-state index contributed by atoms with van der Waals surface area (Å²) >= 11 is 1.42. The van der Waals surface area contributed by atoms with Gasteiger partial charge in [-0.1, -0.05) is 18.2 Å². The van der Waals surface area contributed by atoms with Crippen LogP contribution in [0.5, 0.6) is 0 Å². The summed E-state index contributed by atoms with van der Waals surface area (Å²) in [7, 11) is 0. The number of carbonyl (C=O) groups excluding carboxylic acids is 1. The summed E-state index contributed by atoms with van der Waals surface area (Å²) in [6.45, 7) is 0. The third-order valence-electron chi connectivity index (χ3n) is 2.51. The molecule has 2 rings (SSSR count). The van der Waals surface area contributed by atoms with Gasteiger partial charge in [0.25, 0.3) is 5.91 Å². The first-order chi connectivity index (χ1) is 7.86. The predicted octanol–water partition coefficient (Wildman–Crippen LogP) is 2.82. The van der Waals surface area contributed by atoms with Crippen LogP contribution in [-0.4, -0.2) is 12.1 Å². The molecule has 0 saturated heterocycles. The van der Waals surface area contributed by atoms with Crippen LogP contribution in [0.4, 0.5) is 0 Å². The van der Waals surface area contributed by atoms with Gasteiger partial charge in [-0.3, -0.25) is 4.79 Å². The number of nitrogens with one attached hydrogen (secondary N) is 1. The molecule has 0 saturated carbocycles. The van der Waals surface area contributed by atoms with Gasteiger partial charge in [0.1, 0.15) is 0 Å². The normalized spacial score (nSPS) is 20.1. The SMILES string of the molecule is O=C(N/N=C\[C@@H]1CC=CCC1)c1cccs1. The minimum absolute atomic E-state index is 0.127. The van der Waals surface area contributed by atoms with E-state index in [1.165, 1.54) is 11.3 Å². The van der Waals surface area contributed by atoms with Gasteiger partial charge in [-0.15, -0.1) is 11.3 Å². The average molecular weight is 234 g/mol. The van der Waals surface area contributed by atoms with Crippen LogP contribution in [0, 0.1) is 5.92 Å². The van der Waals surface area contributed by atoms with Crippen molar-refractivity contribution >= 4 is 23.5 Å². The first kappa shape index (κ1) is 11.1. The van der Waals surface area contributed by atoms with E-state index in [2.05, 4.69) is 22.7 Å². The minimum Gasteiger partial charge on any atom is -0.266 e. The summed E-state index contributed by atoms with van der Waals surface area (Å²) < 4.78 is 0. The molecule has 1 atom stereocenters. The zero-order valence-corrected chi connectivity index (χ0v) is 9.74. The van der Waals surface area contributed by atoms with Crippen molar-refractivity contribution in [1.29, 1.82) is 0 Å². The second kappa shape index (κ2) is 5.61. The number of rotatable bonds is 3. The van der Waals surface area contributed by atoms with Crippen molar-refractivity contribution in [2.75, 3.05) is 0 Å². The number of amides is 1. The topological polar surface area (TPSA) is 41.5 Å². The predicted molar refractivity (Wildman–Crippen MR) is 66.8 cm³/mol. The number of carbonyl (C=O) groups is 1. The molecule has 4 heteroatoms. The van der Waals surface area contributed by atoms with Crippen molar-refractivity contribution in [3.05, 3.63) is 34.5 Å². The van der Waals surface area contributed by atoms with Gasteiger partial charge in [0.2, 0.25) is 0 Å². The Bertz CT molecular complexity index is 395. The molecule has 0 unspecified atom stereocenters. The number of thiophene rings is 1. The average Bonchev–Trinajstić information content (AvgIpc) is 2.84. The lowest BCUT2D eigenvalue weighted by Crippen LogP contribution is -2.17. The molecule has 0 bridgehead atoms. The van der Waals surface area contributed by atoms with E-state index in [9.17, 15) is 4.79 Å². The maximum Gasteiger partial charge on any atom is 0.281 e. The Morgan fingerprint density at radius 2 is 2.50 bits per heavy atom. The molecule has 0 fully saturated rings. The molecule has 0 aliphatic heterocycles. The van der Waals surface area contributed by atoms with E-state index in [1.807, 2.05) is 17.7 Å². The quantitative estimate of drug-likeness (QED) is 0.487. The van der Waals surface area contributed by atoms with E-state index in [0.717, 1.165) is 19.3 Å². The van der Waals surface area contributed by atoms with E-state index < -0.39 is 0 Å². The molecule has 1 aromatic rings. The fourth-order valence-corrected chi connectivity index (χ4v) is 2.23. The van der Waals surface area contributed by atoms with Crippen LogP contribution in [0.1, 0.15) is 28.9 Å². The van der Waals surface area contributed by atoms with E-state index in [-0.39, 0.29) is 5.91 Å². The fourth-order valence-electron chi connectivity index (χ4n) is 1.62. The van der Waals surface area contributed by atoms with Crippen LogP contribution in [0.25, 0.3) is 0 Å². The maximum absolute atomic E-state index is 11.5. The van der Waals surface area contributed by atoms with Crippen molar-refractivity contribution in [3.63, 3.8) is 0 Å². The Balaban J connectivity index is 1.80. The highest BCUT2D eigenvalue weighted by Crippen LogP contribution is 2.15. The van der Waals surface area contributed by atoms with Gasteiger partial charge >= 0.3 is 0 Å². The molecule has 0 radical (unpaired) electrons. The molecular weight excluding hydrogens is 220 g/mol. The molecule has 1 aromatic heterocycles. The molecular formula is C12H14N2OS. The highest BCUT2D eigenvalue weighted by molar-refractivity contribution is 7.12. The standard InChI is InChI=1S/C12H14N2OS/c15-12(11-7-4-8-16-11)14-13-9-10-5-2-1-3-6-10/h1-2,4,7-10H,3,5-6H2,(H,14,15)/b13-9-/t10-/m1/s1. The third-order valence-corrected chi connectivity index (χ3v) is 3.37. The van der Waals surface area contributed by atoms with E-state index >= 15 is 0 Å². The summed E-state index contributed by atoms with van der Waals surface area (Å²) in [4.78, 5) is 12.2. The van der Waals surface area contributed by atoms with Crippen molar-refractivity contribution < 1.29 is 4.79 Å². The second-order valence-corrected chi connectivity index (χ2v) is 4.69. The second-order valence-electron chi connectivity index (χ2n) is 3.74. The first-order valence-corrected chi connectivity index (χ1v) is 6.26. The largest absolute Gasteiger partial charge is 0.281 e. The number of hydrogen-bond donors (Lipinski definition) is 1. The summed E-state index contributed by atoms with van der Waals surface area (Å²) in [6, 6.07) is 3.65. The van der Waals surface area contributed by atoms with E-state index in [1.54, 1.807) is 6.07 Å². The molecule has 0 spiro atoms. The van der Waals surface area contributed by atoms with Crippen LogP contribution in [0.15, 0.2) is 34.8 Å². The Labute approximate surface area is 98.9 Å². The number of allylic oxidation sites excluding steroid dienone is 2. The molecule has 0 aromatic carbocycles. The smallest absolute Gasteiger partial charge is 0.266 e. The van der Waals surface area contributed by atoms with E-state index in [0.29, 0.717) is 10.8 Å². The lowest BCUT2D eigenvalue weighted by atomic mass is 9.96. The van der Waals surface area contributed by atoms with Crippen molar-refractivity contribution in [2.45, 2.75) is 19.3 Å².